The Morgan fingerprint density at radius 2 is 1.66 bits per heavy atom. The molecular weight excluding hydrogens is 458 g/mol. The molecule has 0 saturated carbocycles. The first-order chi connectivity index (χ1) is 17.0. The van der Waals surface area contributed by atoms with E-state index >= 15 is 0 Å². The molecule has 1 aromatic heterocycles. The van der Waals surface area contributed by atoms with Crippen molar-refractivity contribution >= 4 is 35.4 Å². The minimum Gasteiger partial charge on any atom is -0.480 e. The molecule has 180 valence electrons. The average molecular weight is 488 g/mol. The van der Waals surface area contributed by atoms with E-state index < -0.39 is 29.9 Å². The summed E-state index contributed by atoms with van der Waals surface area (Å²) in [5, 5.41) is 17.2. The van der Waals surface area contributed by atoms with E-state index in [-0.39, 0.29) is 5.75 Å². The van der Waals surface area contributed by atoms with Gasteiger partial charge in [0.05, 0.1) is 6.04 Å². The zero-order valence-corrected chi connectivity index (χ0v) is 20.3. The number of para-hydroxylation sites is 1. The summed E-state index contributed by atoms with van der Waals surface area (Å²) < 4.78 is 0. The minimum atomic E-state index is -1.17. The first-order valence-electron chi connectivity index (χ1n) is 11.5. The van der Waals surface area contributed by atoms with Gasteiger partial charge in [-0.15, -0.1) is 0 Å². The summed E-state index contributed by atoms with van der Waals surface area (Å²) in [6, 6.07) is 23.3. The number of carboxylic acids is 1. The number of thiol groups is 1. The summed E-state index contributed by atoms with van der Waals surface area (Å²) in [4.78, 5) is 29.0. The summed E-state index contributed by atoms with van der Waals surface area (Å²) in [5.74, 6) is -1.87. The molecule has 1 heterocycles. The lowest BCUT2D eigenvalue weighted by Crippen LogP contribution is -2.53. The van der Waals surface area contributed by atoms with Crippen LogP contribution in [0.1, 0.15) is 28.2 Å². The Kier molecular flexibility index (Phi) is 7.90. The van der Waals surface area contributed by atoms with Crippen molar-refractivity contribution in [2.24, 2.45) is 0 Å². The van der Waals surface area contributed by atoms with Gasteiger partial charge in [0.1, 0.15) is 6.04 Å². The van der Waals surface area contributed by atoms with Gasteiger partial charge in [0.15, 0.2) is 0 Å². The Bertz CT molecular complexity index is 1290. The topological polar surface area (TPSA) is 94.2 Å². The molecule has 4 N–H and O–H groups in total. The van der Waals surface area contributed by atoms with Crippen molar-refractivity contribution in [1.82, 2.24) is 15.6 Å². The van der Waals surface area contributed by atoms with Gasteiger partial charge in [0.25, 0.3) is 0 Å². The number of benzene rings is 3. The molecule has 0 bridgehead atoms. The third kappa shape index (κ3) is 5.75. The summed E-state index contributed by atoms with van der Waals surface area (Å²) in [6.45, 7) is 2.49. The van der Waals surface area contributed by atoms with E-state index in [1.54, 1.807) is 0 Å². The Balaban J connectivity index is 1.61. The summed E-state index contributed by atoms with van der Waals surface area (Å²) in [5.41, 5.74) is 4.72. The van der Waals surface area contributed by atoms with Crippen LogP contribution in [0.5, 0.6) is 0 Å². The number of carboxylic acid groups (broad SMARTS) is 1. The van der Waals surface area contributed by atoms with E-state index in [0.717, 1.165) is 33.2 Å². The van der Waals surface area contributed by atoms with Crippen molar-refractivity contribution in [1.29, 1.82) is 0 Å². The lowest BCUT2D eigenvalue weighted by molar-refractivity contribution is -0.142. The molecule has 0 aliphatic rings. The van der Waals surface area contributed by atoms with E-state index in [1.165, 1.54) is 0 Å². The zero-order chi connectivity index (χ0) is 24.8. The predicted octanol–water partition coefficient (Wildman–Crippen LogP) is 4.27. The van der Waals surface area contributed by atoms with Gasteiger partial charge in [-0.1, -0.05) is 78.4 Å². The maximum Gasteiger partial charge on any atom is 0.327 e. The fraction of sp³-hybridized carbons (Fsp3) is 0.214. The highest BCUT2D eigenvalue weighted by molar-refractivity contribution is 7.80. The number of amides is 1. The van der Waals surface area contributed by atoms with Crippen LogP contribution in [0.3, 0.4) is 0 Å². The minimum absolute atomic E-state index is 0.229. The molecular formula is C28H29N3O3S. The first kappa shape index (κ1) is 24.6. The Hall–Kier alpha value is -3.55. The lowest BCUT2D eigenvalue weighted by atomic mass is 9.84. The molecule has 0 aliphatic carbocycles. The monoisotopic (exact) mass is 487 g/mol. The van der Waals surface area contributed by atoms with Crippen molar-refractivity contribution in [3.8, 4) is 0 Å². The molecule has 0 aliphatic heterocycles. The van der Waals surface area contributed by atoms with Crippen LogP contribution in [0.2, 0.25) is 0 Å². The molecule has 1 amide bonds. The first-order valence-corrected chi connectivity index (χ1v) is 12.1. The van der Waals surface area contributed by atoms with Crippen LogP contribution in [-0.4, -0.2) is 39.8 Å². The van der Waals surface area contributed by atoms with Crippen molar-refractivity contribution in [2.75, 3.05) is 5.75 Å². The number of aliphatic carboxylic acids is 1. The molecule has 4 rings (SSSR count). The van der Waals surface area contributed by atoms with Crippen molar-refractivity contribution in [3.05, 3.63) is 107 Å². The van der Waals surface area contributed by atoms with E-state index in [4.69, 9.17) is 0 Å². The van der Waals surface area contributed by atoms with Gasteiger partial charge in [0.2, 0.25) is 5.91 Å². The number of hydrogen-bond acceptors (Lipinski definition) is 4. The highest BCUT2D eigenvalue weighted by atomic mass is 32.1. The third-order valence-corrected chi connectivity index (χ3v) is 6.55. The number of fused-ring (bicyclic) bond motifs is 1. The molecule has 0 spiro atoms. The molecule has 0 fully saturated rings. The van der Waals surface area contributed by atoms with E-state index in [2.05, 4.69) is 28.2 Å². The molecule has 4 aromatic rings. The maximum atomic E-state index is 13.2. The van der Waals surface area contributed by atoms with Gasteiger partial charge in [-0.05, 0) is 29.7 Å². The molecule has 0 radical (unpaired) electrons. The molecule has 7 heteroatoms. The highest BCUT2D eigenvalue weighted by Crippen LogP contribution is 2.33. The van der Waals surface area contributed by atoms with Gasteiger partial charge in [-0.25, -0.2) is 4.79 Å². The quantitative estimate of drug-likeness (QED) is 0.216. The van der Waals surface area contributed by atoms with Crippen LogP contribution in [0.15, 0.2) is 85.1 Å². The number of carbonyl (C=O) groups excluding carboxylic acids is 1. The van der Waals surface area contributed by atoms with Crippen molar-refractivity contribution < 1.29 is 14.7 Å². The number of aryl methyl sites for hydroxylation is 1. The molecule has 3 aromatic carbocycles. The van der Waals surface area contributed by atoms with Gasteiger partial charge >= 0.3 is 5.97 Å². The number of carbonyl (C=O) groups is 2. The van der Waals surface area contributed by atoms with Crippen LogP contribution in [0.25, 0.3) is 10.9 Å². The normalized spacial score (nSPS) is 13.8. The van der Waals surface area contributed by atoms with Crippen LogP contribution >= 0.6 is 12.6 Å². The van der Waals surface area contributed by atoms with E-state index in [9.17, 15) is 14.7 Å². The second-order valence-corrected chi connectivity index (χ2v) is 8.97. The molecule has 35 heavy (non-hydrogen) atoms. The van der Waals surface area contributed by atoms with Gasteiger partial charge in [0, 0.05) is 35.3 Å². The molecule has 3 atom stereocenters. The Labute approximate surface area is 210 Å². The molecule has 2 unspecified atom stereocenters. The molecule has 6 nitrogen and oxygen atoms in total. The van der Waals surface area contributed by atoms with Crippen molar-refractivity contribution in [3.63, 3.8) is 0 Å². The molecule has 0 saturated heterocycles. The van der Waals surface area contributed by atoms with Crippen LogP contribution in [0.4, 0.5) is 0 Å². The largest absolute Gasteiger partial charge is 0.480 e. The SMILES string of the molecule is Cc1ccc(CN[C@@H](CS)C(=O)NC(C(=O)O)C(c2ccccc2)c2c[nH]c3ccccc23)cc1. The Morgan fingerprint density at radius 1 is 0.971 bits per heavy atom. The predicted molar refractivity (Wildman–Crippen MR) is 142 cm³/mol. The number of hydrogen-bond donors (Lipinski definition) is 5. The van der Waals surface area contributed by atoms with Gasteiger partial charge in [-0.2, -0.15) is 12.6 Å². The second-order valence-electron chi connectivity index (χ2n) is 8.60. The number of nitrogens with one attached hydrogen (secondary N) is 3. The fourth-order valence-corrected chi connectivity index (χ4v) is 4.59. The van der Waals surface area contributed by atoms with E-state index in [0.29, 0.717) is 6.54 Å². The second kappa shape index (κ2) is 11.3. The highest BCUT2D eigenvalue weighted by Gasteiger charge is 2.35. The van der Waals surface area contributed by atoms with Crippen LogP contribution in [-0.2, 0) is 16.1 Å². The standard InChI is InChI=1S/C28H29N3O3S/c1-18-11-13-19(14-12-18)15-29-24(17-35)27(32)31-26(28(33)34)25(20-7-3-2-4-8-20)22-16-30-23-10-6-5-9-21(22)23/h2-14,16,24-26,29-30,35H,15,17H2,1H3,(H,31,32)(H,33,34)/t24-,25?,26?/m0/s1. The number of aromatic nitrogens is 1. The van der Waals surface area contributed by atoms with Crippen molar-refractivity contribution in [2.45, 2.75) is 31.5 Å². The van der Waals surface area contributed by atoms with Gasteiger partial charge in [-0.3, -0.25) is 4.79 Å². The van der Waals surface area contributed by atoms with E-state index in [1.807, 2.05) is 92.0 Å². The van der Waals surface area contributed by atoms with Crippen LogP contribution < -0.4 is 10.6 Å². The summed E-state index contributed by atoms with van der Waals surface area (Å²) in [7, 11) is 0. The smallest absolute Gasteiger partial charge is 0.327 e. The number of rotatable bonds is 10. The average Bonchev–Trinajstić information content (AvgIpc) is 3.29. The van der Waals surface area contributed by atoms with Crippen LogP contribution in [0, 0.1) is 6.92 Å². The maximum absolute atomic E-state index is 13.2. The lowest BCUT2D eigenvalue weighted by Gasteiger charge is -2.27. The summed E-state index contributed by atoms with van der Waals surface area (Å²) >= 11 is 4.35. The zero-order valence-electron chi connectivity index (χ0n) is 19.4. The number of H-pyrrole nitrogens is 1. The van der Waals surface area contributed by atoms with Gasteiger partial charge < -0.3 is 20.7 Å². The fourth-order valence-electron chi connectivity index (χ4n) is 4.29. The Morgan fingerprint density at radius 3 is 2.34 bits per heavy atom. The number of aromatic amines is 1. The summed E-state index contributed by atoms with van der Waals surface area (Å²) in [6.07, 6.45) is 1.83. The third-order valence-electron chi connectivity index (χ3n) is 6.18.